The van der Waals surface area contributed by atoms with Gasteiger partial charge >= 0.3 is 0 Å². The molecule has 0 aliphatic carbocycles. The van der Waals surface area contributed by atoms with Crippen LogP contribution in [0.3, 0.4) is 0 Å². The Bertz CT molecular complexity index is 591. The van der Waals surface area contributed by atoms with E-state index in [0.29, 0.717) is 0 Å². The molecule has 0 radical (unpaired) electrons. The van der Waals surface area contributed by atoms with Gasteiger partial charge in [-0.05, 0) is 18.6 Å². The Morgan fingerprint density at radius 1 is 1.10 bits per heavy atom. The molecule has 0 saturated carbocycles. The summed E-state index contributed by atoms with van der Waals surface area (Å²) in [5.74, 6) is 0.965. The largest absolute Gasteiger partial charge is 0.360 e. The second-order valence-electron chi connectivity index (χ2n) is 5.58. The van der Waals surface area contributed by atoms with E-state index in [1.807, 2.05) is 13.0 Å². The standard InChI is InChI=1S/C16H20BrN3O/c1-13-10-15(21-18-13)12-20-8-6-19(7-9-20)11-14-4-2-3-5-16(14)17/h2-5,10H,6-9,11-12H2,1H3. The lowest BCUT2D eigenvalue weighted by Crippen LogP contribution is -2.45. The van der Waals surface area contributed by atoms with Crippen LogP contribution < -0.4 is 0 Å². The van der Waals surface area contributed by atoms with E-state index in [9.17, 15) is 0 Å². The summed E-state index contributed by atoms with van der Waals surface area (Å²) >= 11 is 3.63. The van der Waals surface area contributed by atoms with E-state index in [1.54, 1.807) is 0 Å². The minimum Gasteiger partial charge on any atom is -0.360 e. The molecule has 1 saturated heterocycles. The van der Waals surface area contributed by atoms with Crippen molar-refractivity contribution >= 4 is 15.9 Å². The molecule has 4 nitrogen and oxygen atoms in total. The van der Waals surface area contributed by atoms with Crippen LogP contribution in [0.25, 0.3) is 0 Å². The third-order valence-corrected chi connectivity index (χ3v) is 4.65. The van der Waals surface area contributed by atoms with Gasteiger partial charge in [-0.3, -0.25) is 9.80 Å². The first-order valence-electron chi connectivity index (χ1n) is 7.31. The van der Waals surface area contributed by atoms with Crippen LogP contribution in [0.4, 0.5) is 0 Å². The van der Waals surface area contributed by atoms with E-state index in [4.69, 9.17) is 4.52 Å². The van der Waals surface area contributed by atoms with Gasteiger partial charge in [-0.1, -0.05) is 39.3 Å². The molecule has 0 amide bonds. The Morgan fingerprint density at radius 3 is 2.38 bits per heavy atom. The minimum absolute atomic E-state index is 0.865. The zero-order valence-electron chi connectivity index (χ0n) is 12.3. The van der Waals surface area contributed by atoms with Crippen molar-refractivity contribution in [3.8, 4) is 0 Å². The number of hydrogen-bond donors (Lipinski definition) is 0. The van der Waals surface area contributed by atoms with Gasteiger partial charge in [0.2, 0.25) is 0 Å². The second kappa shape index (κ2) is 6.73. The molecule has 0 N–H and O–H groups in total. The fourth-order valence-electron chi connectivity index (χ4n) is 2.68. The van der Waals surface area contributed by atoms with Gasteiger partial charge in [0.1, 0.15) is 0 Å². The molecule has 2 aromatic rings. The number of hydrogen-bond acceptors (Lipinski definition) is 4. The Hall–Kier alpha value is -1.17. The molecule has 0 atom stereocenters. The fourth-order valence-corrected chi connectivity index (χ4v) is 3.09. The van der Waals surface area contributed by atoms with Crippen LogP contribution in [0.15, 0.2) is 39.3 Å². The molecule has 2 heterocycles. The number of aryl methyl sites for hydroxylation is 1. The van der Waals surface area contributed by atoms with Crippen molar-refractivity contribution in [1.29, 1.82) is 0 Å². The number of rotatable bonds is 4. The van der Waals surface area contributed by atoms with Crippen molar-refractivity contribution in [3.63, 3.8) is 0 Å². The maximum Gasteiger partial charge on any atom is 0.150 e. The highest BCUT2D eigenvalue weighted by molar-refractivity contribution is 9.10. The molecule has 1 fully saturated rings. The van der Waals surface area contributed by atoms with Gasteiger partial charge in [0, 0.05) is 43.3 Å². The first-order chi connectivity index (χ1) is 10.2. The van der Waals surface area contributed by atoms with Crippen molar-refractivity contribution in [2.75, 3.05) is 26.2 Å². The van der Waals surface area contributed by atoms with Gasteiger partial charge in [-0.25, -0.2) is 0 Å². The Balaban J connectivity index is 1.50. The van der Waals surface area contributed by atoms with Gasteiger partial charge in [-0.15, -0.1) is 0 Å². The lowest BCUT2D eigenvalue weighted by Gasteiger charge is -2.34. The third kappa shape index (κ3) is 3.93. The topological polar surface area (TPSA) is 32.5 Å². The number of aromatic nitrogens is 1. The molecule has 3 rings (SSSR count). The van der Waals surface area contributed by atoms with Crippen LogP contribution in [0.2, 0.25) is 0 Å². The highest BCUT2D eigenvalue weighted by Crippen LogP contribution is 2.19. The maximum atomic E-state index is 5.29. The predicted octanol–water partition coefficient (Wildman–Crippen LogP) is 3.06. The minimum atomic E-state index is 0.865. The Labute approximate surface area is 133 Å². The normalized spacial score (nSPS) is 17.2. The number of halogens is 1. The van der Waals surface area contributed by atoms with E-state index in [0.717, 1.165) is 50.7 Å². The van der Waals surface area contributed by atoms with Crippen LogP contribution in [0.5, 0.6) is 0 Å². The summed E-state index contributed by atoms with van der Waals surface area (Å²) in [5.41, 5.74) is 2.31. The summed E-state index contributed by atoms with van der Waals surface area (Å²) in [4.78, 5) is 4.93. The van der Waals surface area contributed by atoms with Crippen molar-refractivity contribution in [2.24, 2.45) is 0 Å². The smallest absolute Gasteiger partial charge is 0.150 e. The lowest BCUT2D eigenvalue weighted by atomic mass is 10.2. The summed E-state index contributed by atoms with van der Waals surface area (Å²) in [5, 5.41) is 3.95. The van der Waals surface area contributed by atoms with E-state index >= 15 is 0 Å². The summed E-state index contributed by atoms with van der Waals surface area (Å²) in [7, 11) is 0. The average molecular weight is 350 g/mol. The van der Waals surface area contributed by atoms with Crippen LogP contribution in [-0.2, 0) is 13.1 Å². The van der Waals surface area contributed by atoms with Crippen molar-refractivity contribution in [1.82, 2.24) is 15.0 Å². The first kappa shape index (κ1) is 14.8. The Morgan fingerprint density at radius 2 is 1.76 bits per heavy atom. The highest BCUT2D eigenvalue weighted by atomic mass is 79.9. The van der Waals surface area contributed by atoms with Crippen LogP contribution >= 0.6 is 15.9 Å². The molecule has 112 valence electrons. The number of benzene rings is 1. The number of piperazine rings is 1. The third-order valence-electron chi connectivity index (χ3n) is 3.87. The predicted molar refractivity (Wildman–Crippen MR) is 85.9 cm³/mol. The van der Waals surface area contributed by atoms with Gasteiger partial charge in [-0.2, -0.15) is 0 Å². The van der Waals surface area contributed by atoms with Gasteiger partial charge in [0.25, 0.3) is 0 Å². The highest BCUT2D eigenvalue weighted by Gasteiger charge is 2.18. The van der Waals surface area contributed by atoms with Crippen LogP contribution in [-0.4, -0.2) is 41.1 Å². The summed E-state index contributed by atoms with van der Waals surface area (Å²) < 4.78 is 6.49. The van der Waals surface area contributed by atoms with Gasteiger partial charge in [0.15, 0.2) is 5.76 Å². The number of nitrogens with zero attached hydrogens (tertiary/aromatic N) is 3. The molecule has 0 bridgehead atoms. The summed E-state index contributed by atoms with van der Waals surface area (Å²) in [6, 6.07) is 10.5. The Kier molecular flexibility index (Phi) is 4.73. The quantitative estimate of drug-likeness (QED) is 0.849. The lowest BCUT2D eigenvalue weighted by molar-refractivity contribution is 0.113. The summed E-state index contributed by atoms with van der Waals surface area (Å²) in [6.07, 6.45) is 0. The molecular formula is C16H20BrN3O. The van der Waals surface area contributed by atoms with Crippen LogP contribution in [0.1, 0.15) is 17.0 Å². The second-order valence-corrected chi connectivity index (χ2v) is 6.43. The van der Waals surface area contributed by atoms with Crippen molar-refractivity contribution in [3.05, 3.63) is 51.8 Å². The van der Waals surface area contributed by atoms with Gasteiger partial charge in [0.05, 0.1) is 12.2 Å². The van der Waals surface area contributed by atoms with Crippen LogP contribution in [0, 0.1) is 6.92 Å². The zero-order valence-corrected chi connectivity index (χ0v) is 13.8. The van der Waals surface area contributed by atoms with E-state index in [2.05, 4.69) is 55.2 Å². The van der Waals surface area contributed by atoms with Crippen molar-refractivity contribution in [2.45, 2.75) is 20.0 Å². The molecule has 0 unspecified atom stereocenters. The molecule has 1 aliphatic rings. The molecular weight excluding hydrogens is 330 g/mol. The monoisotopic (exact) mass is 349 g/mol. The van der Waals surface area contributed by atoms with E-state index < -0.39 is 0 Å². The molecule has 1 aliphatic heterocycles. The SMILES string of the molecule is Cc1cc(CN2CCN(Cc3ccccc3Br)CC2)on1. The maximum absolute atomic E-state index is 5.29. The molecule has 1 aromatic carbocycles. The van der Waals surface area contributed by atoms with Gasteiger partial charge < -0.3 is 4.52 Å². The zero-order chi connectivity index (χ0) is 14.7. The fraction of sp³-hybridized carbons (Fsp3) is 0.438. The average Bonchev–Trinajstić information content (AvgIpc) is 2.89. The van der Waals surface area contributed by atoms with E-state index in [1.165, 1.54) is 10.0 Å². The molecule has 1 aromatic heterocycles. The molecule has 5 heteroatoms. The van der Waals surface area contributed by atoms with Crippen molar-refractivity contribution < 1.29 is 4.52 Å². The van der Waals surface area contributed by atoms with E-state index in [-0.39, 0.29) is 0 Å². The first-order valence-corrected chi connectivity index (χ1v) is 8.10. The molecule has 21 heavy (non-hydrogen) atoms. The molecule has 0 spiro atoms. The summed E-state index contributed by atoms with van der Waals surface area (Å²) in [6.45, 7) is 8.17.